The fourth-order valence-electron chi connectivity index (χ4n) is 4.61. The molecule has 0 saturated carbocycles. The number of nitrogens with zero attached hydrogens (tertiary/aromatic N) is 1. The Hall–Kier alpha value is -3.83. The van der Waals surface area contributed by atoms with Gasteiger partial charge in [0, 0.05) is 46.7 Å². The maximum absolute atomic E-state index is 12.4. The standard InChI is InChI=1S/C28H27N3O2/c1-19-10-12-20(13-11-19)18-31-26-9-5-3-7-23(26)24(27(31)28(32)33)17-29-15-14-21-16-30-25-8-4-2-6-22(21)25/h2-13,16,29-30H,14-15,17-18H2,1H3,(H,32,33). The number of aromatic nitrogens is 2. The summed E-state index contributed by atoms with van der Waals surface area (Å²) in [6, 6.07) is 24.5. The summed E-state index contributed by atoms with van der Waals surface area (Å²) in [6.45, 7) is 3.85. The van der Waals surface area contributed by atoms with Gasteiger partial charge >= 0.3 is 5.97 Å². The number of rotatable bonds is 8. The zero-order chi connectivity index (χ0) is 22.8. The van der Waals surface area contributed by atoms with Crippen molar-refractivity contribution in [3.05, 3.63) is 107 Å². The molecule has 3 N–H and O–H groups in total. The van der Waals surface area contributed by atoms with Crippen molar-refractivity contribution in [1.29, 1.82) is 0 Å². The summed E-state index contributed by atoms with van der Waals surface area (Å²) in [6.07, 6.45) is 2.93. The minimum absolute atomic E-state index is 0.358. The first kappa shape index (κ1) is 21.0. The van der Waals surface area contributed by atoms with Crippen LogP contribution in [0.1, 0.15) is 32.7 Å². The first-order valence-electron chi connectivity index (χ1n) is 11.3. The van der Waals surface area contributed by atoms with Gasteiger partial charge in [0.05, 0.1) is 0 Å². The van der Waals surface area contributed by atoms with Gasteiger partial charge in [0.2, 0.25) is 0 Å². The lowest BCUT2D eigenvalue weighted by atomic mass is 10.1. The number of H-pyrrole nitrogens is 1. The summed E-state index contributed by atoms with van der Waals surface area (Å²) in [7, 11) is 0. The van der Waals surface area contributed by atoms with Gasteiger partial charge in [0.15, 0.2) is 0 Å². The fraction of sp³-hybridized carbons (Fsp3) is 0.179. The van der Waals surface area contributed by atoms with Crippen LogP contribution in [0.15, 0.2) is 79.0 Å². The Labute approximate surface area is 192 Å². The summed E-state index contributed by atoms with van der Waals surface area (Å²) >= 11 is 0. The van der Waals surface area contributed by atoms with E-state index in [2.05, 4.69) is 65.9 Å². The van der Waals surface area contributed by atoms with Crippen molar-refractivity contribution < 1.29 is 9.90 Å². The molecular weight excluding hydrogens is 410 g/mol. The molecule has 0 saturated heterocycles. The smallest absolute Gasteiger partial charge is 0.352 e. The quantitative estimate of drug-likeness (QED) is 0.280. The average Bonchev–Trinajstić information content (AvgIpc) is 3.38. The summed E-state index contributed by atoms with van der Waals surface area (Å²) < 4.78 is 1.93. The van der Waals surface area contributed by atoms with Gasteiger partial charge in [-0.25, -0.2) is 4.79 Å². The van der Waals surface area contributed by atoms with Crippen LogP contribution in [0, 0.1) is 6.92 Å². The van der Waals surface area contributed by atoms with Crippen molar-refractivity contribution in [1.82, 2.24) is 14.9 Å². The summed E-state index contributed by atoms with van der Waals surface area (Å²) in [5.74, 6) is -0.897. The topological polar surface area (TPSA) is 70.1 Å². The zero-order valence-corrected chi connectivity index (χ0v) is 18.6. The van der Waals surface area contributed by atoms with Crippen LogP contribution in [-0.4, -0.2) is 27.2 Å². The molecule has 33 heavy (non-hydrogen) atoms. The molecule has 166 valence electrons. The average molecular weight is 438 g/mol. The van der Waals surface area contributed by atoms with E-state index < -0.39 is 5.97 Å². The maximum Gasteiger partial charge on any atom is 0.352 e. The van der Waals surface area contributed by atoms with Gasteiger partial charge in [-0.3, -0.25) is 0 Å². The van der Waals surface area contributed by atoms with E-state index in [1.165, 1.54) is 16.5 Å². The first-order valence-corrected chi connectivity index (χ1v) is 11.3. The molecule has 3 aromatic carbocycles. The number of aromatic amines is 1. The van der Waals surface area contributed by atoms with Gasteiger partial charge in [-0.05, 0) is 43.1 Å². The second-order valence-electron chi connectivity index (χ2n) is 8.51. The van der Waals surface area contributed by atoms with E-state index in [9.17, 15) is 9.90 Å². The number of fused-ring (bicyclic) bond motifs is 2. The van der Waals surface area contributed by atoms with E-state index in [4.69, 9.17) is 0 Å². The zero-order valence-electron chi connectivity index (χ0n) is 18.6. The van der Waals surface area contributed by atoms with E-state index in [1.807, 2.05) is 34.9 Å². The highest BCUT2D eigenvalue weighted by molar-refractivity contribution is 5.98. The lowest BCUT2D eigenvalue weighted by Crippen LogP contribution is -2.19. The lowest BCUT2D eigenvalue weighted by molar-refractivity contribution is 0.0684. The van der Waals surface area contributed by atoms with E-state index >= 15 is 0 Å². The first-order chi connectivity index (χ1) is 16.1. The summed E-state index contributed by atoms with van der Waals surface area (Å²) in [5, 5.41) is 15.9. The number of aryl methyl sites for hydroxylation is 1. The Bertz CT molecular complexity index is 1430. The molecule has 2 aromatic heterocycles. The molecular formula is C28H27N3O2. The van der Waals surface area contributed by atoms with Crippen LogP contribution >= 0.6 is 0 Å². The number of benzene rings is 3. The third-order valence-corrected chi connectivity index (χ3v) is 6.29. The van der Waals surface area contributed by atoms with E-state index in [0.717, 1.165) is 40.5 Å². The molecule has 5 aromatic rings. The number of para-hydroxylation sites is 2. The van der Waals surface area contributed by atoms with E-state index in [1.54, 1.807) is 0 Å². The molecule has 0 aliphatic carbocycles. The van der Waals surface area contributed by atoms with Crippen LogP contribution in [-0.2, 0) is 19.5 Å². The fourth-order valence-corrected chi connectivity index (χ4v) is 4.61. The molecule has 0 fully saturated rings. The normalized spacial score (nSPS) is 11.4. The Morgan fingerprint density at radius 2 is 1.70 bits per heavy atom. The van der Waals surface area contributed by atoms with Gasteiger partial charge in [-0.1, -0.05) is 66.2 Å². The third-order valence-electron chi connectivity index (χ3n) is 6.29. The molecule has 2 heterocycles. The predicted molar refractivity (Wildman–Crippen MR) is 133 cm³/mol. The third kappa shape index (κ3) is 4.15. The Morgan fingerprint density at radius 3 is 2.48 bits per heavy atom. The van der Waals surface area contributed by atoms with Crippen molar-refractivity contribution in [3.63, 3.8) is 0 Å². The number of carbonyl (C=O) groups is 1. The van der Waals surface area contributed by atoms with Gasteiger partial charge in [0.1, 0.15) is 5.69 Å². The van der Waals surface area contributed by atoms with Crippen molar-refractivity contribution in [2.45, 2.75) is 26.4 Å². The van der Waals surface area contributed by atoms with Crippen LogP contribution in [0.3, 0.4) is 0 Å². The second kappa shape index (κ2) is 8.96. The lowest BCUT2D eigenvalue weighted by Gasteiger charge is -2.10. The number of carboxylic acid groups (broad SMARTS) is 1. The van der Waals surface area contributed by atoms with Crippen LogP contribution < -0.4 is 5.32 Å². The van der Waals surface area contributed by atoms with E-state index in [0.29, 0.717) is 18.8 Å². The van der Waals surface area contributed by atoms with Gasteiger partial charge in [0.25, 0.3) is 0 Å². The van der Waals surface area contributed by atoms with Crippen LogP contribution in [0.5, 0.6) is 0 Å². The van der Waals surface area contributed by atoms with Gasteiger partial charge < -0.3 is 20.0 Å². The highest BCUT2D eigenvalue weighted by atomic mass is 16.4. The van der Waals surface area contributed by atoms with Gasteiger partial charge in [-0.15, -0.1) is 0 Å². The minimum Gasteiger partial charge on any atom is -0.477 e. The molecule has 0 radical (unpaired) electrons. The monoisotopic (exact) mass is 437 g/mol. The Kier molecular flexibility index (Phi) is 5.71. The maximum atomic E-state index is 12.4. The SMILES string of the molecule is Cc1ccc(Cn2c(C(=O)O)c(CNCCc3c[nH]c4ccccc34)c3ccccc32)cc1. The molecule has 0 atom stereocenters. The Balaban J connectivity index is 1.40. The molecule has 0 spiro atoms. The largest absolute Gasteiger partial charge is 0.477 e. The molecule has 0 unspecified atom stereocenters. The number of nitrogens with one attached hydrogen (secondary N) is 2. The number of hydrogen-bond acceptors (Lipinski definition) is 2. The number of aromatic carboxylic acids is 1. The molecule has 0 aliphatic rings. The molecule has 5 nitrogen and oxygen atoms in total. The van der Waals surface area contributed by atoms with Crippen molar-refractivity contribution in [3.8, 4) is 0 Å². The van der Waals surface area contributed by atoms with Crippen molar-refractivity contribution in [2.75, 3.05) is 6.54 Å². The minimum atomic E-state index is -0.897. The highest BCUT2D eigenvalue weighted by Gasteiger charge is 2.22. The highest BCUT2D eigenvalue weighted by Crippen LogP contribution is 2.28. The molecule has 0 amide bonds. The van der Waals surface area contributed by atoms with Crippen LogP contribution in [0.2, 0.25) is 0 Å². The molecule has 5 rings (SSSR count). The molecule has 0 bridgehead atoms. The number of hydrogen-bond donors (Lipinski definition) is 3. The van der Waals surface area contributed by atoms with Crippen molar-refractivity contribution >= 4 is 27.8 Å². The number of carboxylic acids is 1. The summed E-state index contributed by atoms with van der Waals surface area (Å²) in [5.41, 5.74) is 6.82. The summed E-state index contributed by atoms with van der Waals surface area (Å²) in [4.78, 5) is 15.7. The predicted octanol–water partition coefficient (Wildman–Crippen LogP) is 5.51. The van der Waals surface area contributed by atoms with Crippen LogP contribution in [0.4, 0.5) is 0 Å². The van der Waals surface area contributed by atoms with Gasteiger partial charge in [-0.2, -0.15) is 0 Å². The Morgan fingerprint density at radius 1 is 0.970 bits per heavy atom. The van der Waals surface area contributed by atoms with Crippen LogP contribution in [0.25, 0.3) is 21.8 Å². The second-order valence-corrected chi connectivity index (χ2v) is 8.51. The molecule has 5 heteroatoms. The van der Waals surface area contributed by atoms with E-state index in [-0.39, 0.29) is 0 Å². The van der Waals surface area contributed by atoms with Crippen molar-refractivity contribution in [2.24, 2.45) is 0 Å². The molecule has 0 aliphatic heterocycles.